The van der Waals surface area contributed by atoms with Gasteiger partial charge in [0.2, 0.25) is 11.2 Å². The van der Waals surface area contributed by atoms with E-state index in [9.17, 15) is 0 Å². The van der Waals surface area contributed by atoms with Crippen molar-refractivity contribution in [3.05, 3.63) is 284 Å². The van der Waals surface area contributed by atoms with Gasteiger partial charge in [0.15, 0.2) is 0 Å². The van der Waals surface area contributed by atoms with Gasteiger partial charge in [-0.05, 0) is 105 Å². The average molecular weight is 1180 g/mol. The lowest BCUT2D eigenvalue weighted by atomic mass is 10.0. The second-order valence-corrected chi connectivity index (χ2v) is 23.0. The lowest BCUT2D eigenvalue weighted by molar-refractivity contribution is 0.669. The van der Waals surface area contributed by atoms with Gasteiger partial charge in [-0.25, -0.2) is 19.9 Å². The predicted molar refractivity (Wildman–Crippen MR) is 376 cm³/mol. The molecule has 0 spiro atoms. The summed E-state index contributed by atoms with van der Waals surface area (Å²) in [7, 11) is 0. The molecule has 424 valence electrons. The van der Waals surface area contributed by atoms with Crippen LogP contribution in [0.4, 0.5) is 0 Å². The monoisotopic (exact) mass is 1170 g/mol. The maximum atomic E-state index is 6.27. The Hall–Kier alpha value is -11.7. The van der Waals surface area contributed by atoms with Crippen LogP contribution in [0.3, 0.4) is 0 Å². The van der Waals surface area contributed by atoms with Gasteiger partial charge in [-0.1, -0.05) is 220 Å². The molecule has 0 aliphatic heterocycles. The molecule has 0 saturated carbocycles. The van der Waals surface area contributed by atoms with Crippen molar-refractivity contribution in [3.8, 4) is 28.5 Å². The molecule has 0 amide bonds. The van der Waals surface area contributed by atoms with Crippen molar-refractivity contribution in [1.82, 2.24) is 29.5 Å². The molecular weight excluding hydrogens is 1120 g/mol. The number of hydrogen-bond donors (Lipinski definition) is 1. The number of fused-ring (bicyclic) bond motifs is 22. The van der Waals surface area contributed by atoms with Crippen LogP contribution in [0.1, 0.15) is 7.43 Å². The van der Waals surface area contributed by atoms with E-state index in [-0.39, 0.29) is 12.7 Å². The molecule has 0 aliphatic carbocycles. The predicted octanol–water partition coefficient (Wildman–Crippen LogP) is 22.7. The van der Waals surface area contributed by atoms with E-state index in [1.807, 2.05) is 72.8 Å². The fourth-order valence-electron chi connectivity index (χ4n) is 13.5. The quantitative estimate of drug-likeness (QED) is 0.140. The van der Waals surface area contributed by atoms with E-state index in [0.29, 0.717) is 5.95 Å². The number of halogens is 1. The molecule has 6 heterocycles. The molecule has 90 heavy (non-hydrogen) atoms. The lowest BCUT2D eigenvalue weighted by Crippen LogP contribution is -2.04. The lowest BCUT2D eigenvalue weighted by Gasteiger charge is -2.14. The van der Waals surface area contributed by atoms with Crippen molar-refractivity contribution in [2.45, 2.75) is 7.43 Å². The van der Waals surface area contributed by atoms with Crippen molar-refractivity contribution >= 4 is 164 Å². The highest BCUT2D eigenvalue weighted by atomic mass is 35.5. The molecule has 20 rings (SSSR count). The fourth-order valence-corrected chi connectivity index (χ4v) is 13.7. The van der Waals surface area contributed by atoms with Crippen LogP contribution in [0.15, 0.2) is 288 Å². The second kappa shape index (κ2) is 21.0. The normalized spacial score (nSPS) is 11.7. The number of nitrogens with one attached hydrogen (secondary N) is 1. The van der Waals surface area contributed by atoms with Crippen LogP contribution in [0.25, 0.3) is 181 Å². The number of nitrogens with zero attached hydrogens (tertiary/aromatic N) is 5. The van der Waals surface area contributed by atoms with Crippen LogP contribution in [0, 0.1) is 0 Å². The maximum Gasteiger partial charge on any atom is 0.235 e. The van der Waals surface area contributed by atoms with E-state index in [1.165, 1.54) is 54.1 Å². The Morgan fingerprint density at radius 2 is 0.789 bits per heavy atom. The van der Waals surface area contributed by atoms with Crippen LogP contribution in [0.5, 0.6) is 0 Å². The summed E-state index contributed by atoms with van der Waals surface area (Å²) < 4.78 is 14.6. The summed E-state index contributed by atoms with van der Waals surface area (Å²) in [5.41, 5.74) is 13.9. The zero-order valence-electron chi connectivity index (χ0n) is 47.5. The summed E-state index contributed by atoms with van der Waals surface area (Å²) in [6, 6.07) is 96.8. The van der Waals surface area contributed by atoms with Gasteiger partial charge in [-0.2, -0.15) is 0 Å². The summed E-state index contributed by atoms with van der Waals surface area (Å²) >= 11 is 6.15. The van der Waals surface area contributed by atoms with Gasteiger partial charge in [-0.3, -0.25) is 4.57 Å². The average Bonchev–Trinajstić information content (AvgIpc) is 1.54. The third kappa shape index (κ3) is 8.45. The summed E-state index contributed by atoms with van der Waals surface area (Å²) in [6.45, 7) is 0. The van der Waals surface area contributed by atoms with Gasteiger partial charge >= 0.3 is 0 Å². The van der Waals surface area contributed by atoms with Crippen molar-refractivity contribution in [3.63, 3.8) is 0 Å². The van der Waals surface area contributed by atoms with Crippen molar-refractivity contribution in [2.75, 3.05) is 0 Å². The smallest absolute Gasteiger partial charge is 0.235 e. The Labute approximate surface area is 519 Å². The van der Waals surface area contributed by atoms with E-state index < -0.39 is 0 Å². The molecular formula is C81H51ClN6O2. The number of para-hydroxylation sites is 4. The Morgan fingerprint density at radius 3 is 1.43 bits per heavy atom. The summed E-state index contributed by atoms with van der Waals surface area (Å²) in [4.78, 5) is 23.1. The molecule has 20 aromatic rings. The highest BCUT2D eigenvalue weighted by molar-refractivity contribution is 6.29. The number of aromatic amines is 1. The minimum absolute atomic E-state index is 0. The third-order valence-electron chi connectivity index (χ3n) is 17.6. The number of H-pyrrole nitrogens is 1. The molecule has 6 aromatic heterocycles. The third-order valence-corrected chi connectivity index (χ3v) is 17.7. The largest absolute Gasteiger partial charge is 0.456 e. The molecule has 14 aromatic carbocycles. The number of furan rings is 2. The molecule has 8 nitrogen and oxygen atoms in total. The zero-order valence-corrected chi connectivity index (χ0v) is 48.2. The Balaban J connectivity index is 0.000000114. The highest BCUT2D eigenvalue weighted by Crippen LogP contribution is 2.42. The first-order valence-corrected chi connectivity index (χ1v) is 30.1. The summed E-state index contributed by atoms with van der Waals surface area (Å²) in [6.07, 6.45) is 0. The number of benzene rings is 14. The SMILES string of the molecule is C.Clc1nc(-c2ccccc2)c2ccc3ccccc3c2n1.c1ccc(-c2nc(-n3c4ccccc4c4ccc5cc6oc7ccccc7c6cc5c43)nc3c2ccc2ccccc23)cc1.c1ccc2c(c1)[nH]c1ccc3cc4oc5ccccc5c4cc3c12. The standard InChI is InChI=1S/C40H23N3O.C22H13NO.C18H11ClN2.CH4/c1-2-11-25(12-3-1)37-31-21-18-24-10-4-5-13-27(24)38(31)42-40(41-37)43-34-16-8-6-14-28(34)30-20-19-26-22-36-33(23-32(26)39(30)43)29-15-7-9-17-35(29)44-36;1-3-7-18-15(6-1)22-16-12-17-14-5-2-4-8-20(14)24-21(17)11-13(16)9-10-19(22)23-18;19-18-20-16(13-7-2-1-3-8-13)15-11-10-12-6-4-5-9-14(12)17(15)21-18;/h1-23H;1-12,23H;1-11H;1H4. The number of rotatable bonds is 3. The van der Waals surface area contributed by atoms with Gasteiger partial charge in [0.05, 0.1) is 33.5 Å². The fraction of sp³-hybridized carbons (Fsp3) is 0.0123. The van der Waals surface area contributed by atoms with E-state index in [0.717, 1.165) is 121 Å². The van der Waals surface area contributed by atoms with Crippen LogP contribution in [0.2, 0.25) is 5.28 Å². The van der Waals surface area contributed by atoms with Crippen LogP contribution in [-0.2, 0) is 0 Å². The van der Waals surface area contributed by atoms with Gasteiger partial charge in [0, 0.05) is 92.2 Å². The van der Waals surface area contributed by atoms with E-state index in [4.69, 9.17) is 30.4 Å². The van der Waals surface area contributed by atoms with Crippen LogP contribution in [-0.4, -0.2) is 29.5 Å². The van der Waals surface area contributed by atoms with Gasteiger partial charge in [-0.15, -0.1) is 0 Å². The molecule has 0 fully saturated rings. The zero-order chi connectivity index (χ0) is 58.7. The summed E-state index contributed by atoms with van der Waals surface area (Å²) in [5.74, 6) is 0.656. The first kappa shape index (κ1) is 52.6. The minimum Gasteiger partial charge on any atom is -0.456 e. The molecule has 0 saturated heterocycles. The highest BCUT2D eigenvalue weighted by Gasteiger charge is 2.22. The Bertz CT molecular complexity index is 6260. The van der Waals surface area contributed by atoms with Gasteiger partial charge in [0.25, 0.3) is 0 Å². The Kier molecular flexibility index (Phi) is 12.3. The van der Waals surface area contributed by atoms with Crippen LogP contribution < -0.4 is 0 Å². The van der Waals surface area contributed by atoms with E-state index in [2.05, 4.69) is 226 Å². The molecule has 1 N–H and O–H groups in total. The first-order chi connectivity index (χ1) is 44.0. The Morgan fingerprint density at radius 1 is 0.311 bits per heavy atom. The molecule has 0 bridgehead atoms. The second-order valence-electron chi connectivity index (χ2n) is 22.6. The van der Waals surface area contributed by atoms with E-state index >= 15 is 0 Å². The van der Waals surface area contributed by atoms with Crippen molar-refractivity contribution in [1.29, 1.82) is 0 Å². The van der Waals surface area contributed by atoms with Gasteiger partial charge < -0.3 is 13.8 Å². The molecule has 0 atom stereocenters. The van der Waals surface area contributed by atoms with Crippen molar-refractivity contribution in [2.24, 2.45) is 0 Å². The van der Waals surface area contributed by atoms with Crippen molar-refractivity contribution < 1.29 is 8.83 Å². The molecule has 0 radical (unpaired) electrons. The van der Waals surface area contributed by atoms with Crippen LogP contribution >= 0.6 is 11.6 Å². The molecule has 0 unspecified atom stereocenters. The summed E-state index contributed by atoms with van der Waals surface area (Å²) in [5, 5.41) is 21.0. The van der Waals surface area contributed by atoms with Gasteiger partial charge in [0.1, 0.15) is 22.3 Å². The first-order valence-electron chi connectivity index (χ1n) is 29.7. The van der Waals surface area contributed by atoms with E-state index in [1.54, 1.807) is 0 Å². The number of aromatic nitrogens is 6. The maximum absolute atomic E-state index is 6.27. The number of hydrogen-bond acceptors (Lipinski definition) is 6. The molecule has 0 aliphatic rings. The minimum atomic E-state index is 0. The molecule has 9 heteroatoms. The topological polar surface area (TPSA) is 98.6 Å².